The molecule has 5 nitrogen and oxygen atoms in total. The number of urea groups is 1. The minimum Gasteiger partial charge on any atom is -0.489 e. The van der Waals surface area contributed by atoms with Gasteiger partial charge in [0, 0.05) is 5.56 Å². The summed E-state index contributed by atoms with van der Waals surface area (Å²) in [7, 11) is 0. The highest BCUT2D eigenvalue weighted by atomic mass is 19.1. The smallest absolute Gasteiger partial charge is 0.329 e. The lowest BCUT2D eigenvalue weighted by Gasteiger charge is -2.12. The first-order valence-electron chi connectivity index (χ1n) is 9.86. The lowest BCUT2D eigenvalue weighted by atomic mass is 10.1. The predicted molar refractivity (Wildman–Crippen MR) is 115 cm³/mol. The van der Waals surface area contributed by atoms with Gasteiger partial charge in [-0.15, -0.1) is 0 Å². The van der Waals surface area contributed by atoms with Gasteiger partial charge in [-0.2, -0.15) is 0 Å². The van der Waals surface area contributed by atoms with Crippen LogP contribution < -0.4 is 10.1 Å². The van der Waals surface area contributed by atoms with Gasteiger partial charge in [0.05, 0.1) is 6.54 Å². The van der Waals surface area contributed by atoms with Crippen molar-refractivity contribution in [2.75, 3.05) is 0 Å². The van der Waals surface area contributed by atoms with Crippen LogP contribution in [0.2, 0.25) is 0 Å². The number of halogens is 1. The summed E-state index contributed by atoms with van der Waals surface area (Å²) in [6.07, 6.45) is 1.62. The zero-order valence-corrected chi connectivity index (χ0v) is 17.0. The summed E-state index contributed by atoms with van der Waals surface area (Å²) < 4.78 is 19.3. The average Bonchev–Trinajstić information content (AvgIpc) is 3.02. The number of hydrogen-bond acceptors (Lipinski definition) is 3. The number of nitrogens with zero attached hydrogens (tertiary/aromatic N) is 1. The van der Waals surface area contributed by atoms with Crippen LogP contribution in [-0.4, -0.2) is 16.8 Å². The molecule has 0 saturated carbocycles. The quantitative estimate of drug-likeness (QED) is 0.464. The van der Waals surface area contributed by atoms with E-state index in [-0.39, 0.29) is 30.6 Å². The Kier molecular flexibility index (Phi) is 5.80. The van der Waals surface area contributed by atoms with Crippen LogP contribution in [-0.2, 0) is 17.9 Å². The van der Waals surface area contributed by atoms with Crippen molar-refractivity contribution in [1.82, 2.24) is 10.2 Å². The zero-order chi connectivity index (χ0) is 21.8. The van der Waals surface area contributed by atoms with E-state index < -0.39 is 6.03 Å². The van der Waals surface area contributed by atoms with E-state index in [1.165, 1.54) is 11.0 Å². The molecule has 156 valence electrons. The predicted octanol–water partition coefficient (Wildman–Crippen LogP) is 4.81. The molecule has 0 aromatic heterocycles. The van der Waals surface area contributed by atoms with Crippen LogP contribution in [0.1, 0.15) is 22.3 Å². The highest BCUT2D eigenvalue weighted by Gasteiger charge is 2.33. The summed E-state index contributed by atoms with van der Waals surface area (Å²) in [6, 6.07) is 20.7. The Labute approximate surface area is 179 Å². The second kappa shape index (κ2) is 8.83. The lowest BCUT2D eigenvalue weighted by molar-refractivity contribution is -0.123. The molecular formula is C25H21FN2O3. The molecule has 1 heterocycles. The lowest BCUT2D eigenvalue weighted by Crippen LogP contribution is -2.30. The molecule has 1 fully saturated rings. The Bertz CT molecular complexity index is 1160. The second-order valence-corrected chi connectivity index (χ2v) is 7.32. The maximum absolute atomic E-state index is 13.7. The van der Waals surface area contributed by atoms with Crippen molar-refractivity contribution >= 4 is 18.0 Å². The molecule has 0 atom stereocenters. The van der Waals surface area contributed by atoms with Crippen molar-refractivity contribution < 1.29 is 18.7 Å². The number of ether oxygens (including phenoxy) is 1. The Morgan fingerprint density at radius 3 is 2.52 bits per heavy atom. The van der Waals surface area contributed by atoms with E-state index in [9.17, 15) is 14.0 Å². The first-order chi connectivity index (χ1) is 15.0. The number of rotatable bonds is 6. The Morgan fingerprint density at radius 2 is 1.77 bits per heavy atom. The van der Waals surface area contributed by atoms with E-state index >= 15 is 0 Å². The number of nitrogens with one attached hydrogen (secondary N) is 1. The van der Waals surface area contributed by atoms with Crippen LogP contribution in [0, 0.1) is 12.7 Å². The van der Waals surface area contributed by atoms with Gasteiger partial charge in [0.1, 0.15) is 23.9 Å². The van der Waals surface area contributed by atoms with Gasteiger partial charge in [-0.25, -0.2) is 9.18 Å². The normalized spacial score (nSPS) is 14.8. The van der Waals surface area contributed by atoms with E-state index in [4.69, 9.17) is 4.74 Å². The van der Waals surface area contributed by atoms with Gasteiger partial charge in [0.2, 0.25) is 0 Å². The van der Waals surface area contributed by atoms with Crippen LogP contribution in [0.25, 0.3) is 6.08 Å². The molecule has 3 aromatic carbocycles. The Morgan fingerprint density at radius 1 is 1.00 bits per heavy atom. The second-order valence-electron chi connectivity index (χ2n) is 7.32. The molecule has 3 aromatic rings. The molecule has 0 unspecified atom stereocenters. The van der Waals surface area contributed by atoms with Crippen molar-refractivity contribution in [3.63, 3.8) is 0 Å². The fourth-order valence-corrected chi connectivity index (χ4v) is 3.31. The van der Waals surface area contributed by atoms with Crippen molar-refractivity contribution in [2.45, 2.75) is 20.1 Å². The van der Waals surface area contributed by atoms with Crippen molar-refractivity contribution in [2.24, 2.45) is 0 Å². The standard InChI is InChI=1S/C25H21FN2O3/c1-17-5-4-6-19(13-17)15-28-24(29)23(27-25(28)30)14-18-9-11-21(12-10-18)31-16-20-7-2-3-8-22(20)26/h2-14H,15-16H2,1H3,(H,27,30)/b23-14+. The molecular weight excluding hydrogens is 395 g/mol. The van der Waals surface area contributed by atoms with Crippen LogP contribution in [0.4, 0.5) is 9.18 Å². The summed E-state index contributed by atoms with van der Waals surface area (Å²) in [5.74, 6) is -0.103. The molecule has 0 bridgehead atoms. The fourth-order valence-electron chi connectivity index (χ4n) is 3.31. The molecule has 1 aliphatic heterocycles. The Balaban J connectivity index is 1.42. The topological polar surface area (TPSA) is 58.6 Å². The molecule has 31 heavy (non-hydrogen) atoms. The monoisotopic (exact) mass is 416 g/mol. The molecule has 6 heteroatoms. The maximum atomic E-state index is 13.7. The third kappa shape index (κ3) is 4.80. The minimum atomic E-state index is -0.442. The van der Waals surface area contributed by atoms with E-state index in [2.05, 4.69) is 5.32 Å². The largest absolute Gasteiger partial charge is 0.489 e. The molecule has 0 aliphatic carbocycles. The first kappa shape index (κ1) is 20.3. The van der Waals surface area contributed by atoms with Crippen molar-refractivity contribution in [3.05, 3.63) is 107 Å². The van der Waals surface area contributed by atoms with Crippen molar-refractivity contribution in [3.8, 4) is 5.75 Å². The molecule has 1 saturated heterocycles. The highest BCUT2D eigenvalue weighted by molar-refractivity contribution is 6.13. The van der Waals surface area contributed by atoms with Crippen LogP contribution >= 0.6 is 0 Å². The molecule has 1 aliphatic rings. The maximum Gasteiger partial charge on any atom is 0.329 e. The number of aryl methyl sites for hydroxylation is 1. The number of amides is 3. The minimum absolute atomic E-state index is 0.121. The Hall–Kier alpha value is -3.93. The summed E-state index contributed by atoms with van der Waals surface area (Å²) in [5.41, 5.74) is 3.39. The van der Waals surface area contributed by atoms with Gasteiger partial charge in [0.25, 0.3) is 5.91 Å². The fraction of sp³-hybridized carbons (Fsp3) is 0.120. The summed E-state index contributed by atoms with van der Waals surface area (Å²) in [6.45, 7) is 2.30. The third-order valence-corrected chi connectivity index (χ3v) is 4.93. The summed E-state index contributed by atoms with van der Waals surface area (Å²) >= 11 is 0. The van der Waals surface area contributed by atoms with Crippen molar-refractivity contribution in [1.29, 1.82) is 0 Å². The van der Waals surface area contributed by atoms with Crippen LogP contribution in [0.5, 0.6) is 5.75 Å². The zero-order valence-electron chi connectivity index (χ0n) is 17.0. The van der Waals surface area contributed by atoms with Gasteiger partial charge in [0.15, 0.2) is 0 Å². The van der Waals surface area contributed by atoms with Crippen LogP contribution in [0.15, 0.2) is 78.5 Å². The SMILES string of the molecule is Cc1cccc(CN2C(=O)N/C(=C/c3ccc(OCc4ccccc4F)cc3)C2=O)c1. The van der Waals surface area contributed by atoms with E-state index in [0.29, 0.717) is 11.3 Å². The highest BCUT2D eigenvalue weighted by Crippen LogP contribution is 2.20. The van der Waals surface area contributed by atoms with Gasteiger partial charge in [-0.3, -0.25) is 9.69 Å². The van der Waals surface area contributed by atoms with Gasteiger partial charge < -0.3 is 10.1 Å². The third-order valence-electron chi connectivity index (χ3n) is 4.93. The summed E-state index contributed by atoms with van der Waals surface area (Å²) in [5, 5.41) is 2.63. The first-order valence-corrected chi connectivity index (χ1v) is 9.86. The van der Waals surface area contributed by atoms with Gasteiger partial charge >= 0.3 is 6.03 Å². The molecule has 0 spiro atoms. The summed E-state index contributed by atoms with van der Waals surface area (Å²) in [4.78, 5) is 26.1. The number of benzene rings is 3. The molecule has 0 radical (unpaired) electrons. The number of hydrogen-bond donors (Lipinski definition) is 1. The van der Waals surface area contributed by atoms with E-state index in [1.54, 1.807) is 48.5 Å². The van der Waals surface area contributed by atoms with Crippen LogP contribution in [0.3, 0.4) is 0 Å². The average molecular weight is 416 g/mol. The molecule has 4 rings (SSSR count). The van der Waals surface area contributed by atoms with Gasteiger partial charge in [-0.1, -0.05) is 60.2 Å². The number of carbonyl (C=O) groups excluding carboxylic acids is 2. The number of carbonyl (C=O) groups is 2. The molecule has 3 amide bonds. The van der Waals surface area contributed by atoms with E-state index in [0.717, 1.165) is 16.7 Å². The molecule has 1 N–H and O–H groups in total. The van der Waals surface area contributed by atoms with E-state index in [1.807, 2.05) is 31.2 Å². The number of imide groups is 1. The van der Waals surface area contributed by atoms with Gasteiger partial charge in [-0.05, 0) is 42.3 Å².